The zero-order valence-electron chi connectivity index (χ0n) is 7.22. The Balaban J connectivity index is 3.09. The summed E-state index contributed by atoms with van der Waals surface area (Å²) in [6.45, 7) is 5.70. The van der Waals surface area contributed by atoms with E-state index in [2.05, 4.69) is 0 Å². The summed E-state index contributed by atoms with van der Waals surface area (Å²) in [5, 5.41) is 11.1. The van der Waals surface area contributed by atoms with Gasteiger partial charge in [0.05, 0.1) is 0 Å². The molecule has 1 rings (SSSR count). The lowest BCUT2D eigenvalue weighted by atomic mass is 10.0. The van der Waals surface area contributed by atoms with Gasteiger partial charge in [-0.25, -0.2) is 5.11 Å². The molecule has 0 amide bonds. The molecule has 0 aromatic heterocycles. The van der Waals surface area contributed by atoms with Crippen LogP contribution < -0.4 is 0 Å². The molecule has 0 aliphatic rings. The van der Waals surface area contributed by atoms with Crippen LogP contribution in [-0.2, 0) is 5.11 Å². The van der Waals surface area contributed by atoms with Crippen molar-refractivity contribution in [3.8, 4) is 0 Å². The highest BCUT2D eigenvalue weighted by molar-refractivity contribution is 5.31. The van der Waals surface area contributed by atoms with Gasteiger partial charge in [-0.3, -0.25) is 0 Å². The lowest BCUT2D eigenvalue weighted by molar-refractivity contribution is 0.106. The average molecular weight is 149 g/mol. The minimum atomic E-state index is -0.601. The Hall–Kier alpha value is -0.820. The first kappa shape index (κ1) is 8.28. The van der Waals surface area contributed by atoms with E-state index in [-0.39, 0.29) is 0 Å². The number of rotatable bonds is 1. The topological polar surface area (TPSA) is 19.9 Å². The highest BCUT2D eigenvalue weighted by Gasteiger charge is 2.04. The molecule has 0 heterocycles. The molecule has 0 aliphatic carbocycles. The van der Waals surface area contributed by atoms with E-state index in [1.807, 2.05) is 32.0 Å². The van der Waals surface area contributed by atoms with Gasteiger partial charge < -0.3 is 0 Å². The average Bonchev–Trinajstić information content (AvgIpc) is 1.85. The van der Waals surface area contributed by atoms with E-state index in [9.17, 15) is 5.11 Å². The largest absolute Gasteiger partial charge is 0.228 e. The lowest BCUT2D eigenvalue weighted by Crippen LogP contribution is -1.93. The SMILES string of the molecule is Cc1ccc(C(C)[O])c(C)c1. The molecule has 0 N–H and O–H groups in total. The van der Waals surface area contributed by atoms with Gasteiger partial charge in [-0.05, 0) is 31.9 Å². The smallest absolute Gasteiger partial charge is 0.115 e. The van der Waals surface area contributed by atoms with Gasteiger partial charge in [0, 0.05) is 0 Å². The molecule has 11 heavy (non-hydrogen) atoms. The van der Waals surface area contributed by atoms with Gasteiger partial charge in [0.2, 0.25) is 0 Å². The summed E-state index contributed by atoms with van der Waals surface area (Å²) >= 11 is 0. The minimum absolute atomic E-state index is 0.601. The van der Waals surface area contributed by atoms with Crippen molar-refractivity contribution in [3.05, 3.63) is 34.9 Å². The third kappa shape index (κ3) is 1.81. The summed E-state index contributed by atoms with van der Waals surface area (Å²) < 4.78 is 0. The molecule has 1 aromatic carbocycles. The fraction of sp³-hybridized carbons (Fsp3) is 0.400. The number of hydrogen-bond acceptors (Lipinski definition) is 0. The van der Waals surface area contributed by atoms with Crippen LogP contribution in [0.3, 0.4) is 0 Å². The first-order valence-electron chi connectivity index (χ1n) is 3.84. The maximum atomic E-state index is 11.1. The molecule has 59 valence electrons. The quantitative estimate of drug-likeness (QED) is 0.585. The van der Waals surface area contributed by atoms with Gasteiger partial charge in [-0.1, -0.05) is 23.8 Å². The fourth-order valence-electron chi connectivity index (χ4n) is 1.28. The van der Waals surface area contributed by atoms with Crippen LogP contribution in [0.4, 0.5) is 0 Å². The van der Waals surface area contributed by atoms with Gasteiger partial charge in [0.1, 0.15) is 6.10 Å². The van der Waals surface area contributed by atoms with Crippen molar-refractivity contribution in [2.24, 2.45) is 0 Å². The molecule has 0 saturated heterocycles. The van der Waals surface area contributed by atoms with E-state index in [1.54, 1.807) is 6.92 Å². The van der Waals surface area contributed by atoms with E-state index in [4.69, 9.17) is 0 Å². The normalized spacial score (nSPS) is 13.1. The number of benzene rings is 1. The summed E-state index contributed by atoms with van der Waals surface area (Å²) in [6, 6.07) is 5.95. The molecule has 0 fully saturated rings. The van der Waals surface area contributed by atoms with Crippen LogP contribution in [0.5, 0.6) is 0 Å². The van der Waals surface area contributed by atoms with Gasteiger partial charge in [0.25, 0.3) is 0 Å². The maximum absolute atomic E-state index is 11.1. The van der Waals surface area contributed by atoms with Crippen LogP contribution >= 0.6 is 0 Å². The third-order valence-corrected chi connectivity index (χ3v) is 1.86. The molecule has 1 aromatic rings. The van der Waals surface area contributed by atoms with Crippen molar-refractivity contribution in [2.75, 3.05) is 0 Å². The Kier molecular flexibility index (Phi) is 2.30. The van der Waals surface area contributed by atoms with Gasteiger partial charge in [-0.15, -0.1) is 0 Å². The summed E-state index contributed by atoms with van der Waals surface area (Å²) in [5.41, 5.74) is 3.23. The Morgan fingerprint density at radius 3 is 2.36 bits per heavy atom. The maximum Gasteiger partial charge on any atom is 0.115 e. The summed E-state index contributed by atoms with van der Waals surface area (Å²) in [5.74, 6) is 0. The van der Waals surface area contributed by atoms with Crippen LogP contribution in [0.15, 0.2) is 18.2 Å². The number of aryl methyl sites for hydroxylation is 2. The third-order valence-electron chi connectivity index (χ3n) is 1.86. The monoisotopic (exact) mass is 149 g/mol. The molecular weight excluding hydrogens is 136 g/mol. The first-order chi connectivity index (χ1) is 5.11. The van der Waals surface area contributed by atoms with E-state index in [0.717, 1.165) is 11.1 Å². The molecule has 1 heteroatoms. The molecule has 1 nitrogen and oxygen atoms in total. The van der Waals surface area contributed by atoms with Gasteiger partial charge in [-0.2, -0.15) is 0 Å². The molecule has 1 radical (unpaired) electrons. The molecule has 0 aliphatic heterocycles. The van der Waals surface area contributed by atoms with E-state index in [1.165, 1.54) is 5.56 Å². The Morgan fingerprint density at radius 2 is 1.91 bits per heavy atom. The van der Waals surface area contributed by atoms with Crippen LogP contribution in [0, 0.1) is 13.8 Å². The van der Waals surface area contributed by atoms with Crippen molar-refractivity contribution in [1.82, 2.24) is 0 Å². The first-order valence-corrected chi connectivity index (χ1v) is 3.84. The van der Waals surface area contributed by atoms with Crippen LogP contribution in [0.25, 0.3) is 0 Å². The fourth-order valence-corrected chi connectivity index (χ4v) is 1.28. The van der Waals surface area contributed by atoms with E-state index >= 15 is 0 Å². The highest BCUT2D eigenvalue weighted by atomic mass is 16.3. The van der Waals surface area contributed by atoms with Crippen molar-refractivity contribution < 1.29 is 5.11 Å². The van der Waals surface area contributed by atoms with Gasteiger partial charge >= 0.3 is 0 Å². The second-order valence-electron chi connectivity index (χ2n) is 3.00. The minimum Gasteiger partial charge on any atom is -0.228 e. The van der Waals surface area contributed by atoms with Gasteiger partial charge in [0.15, 0.2) is 0 Å². The second-order valence-corrected chi connectivity index (χ2v) is 3.00. The van der Waals surface area contributed by atoms with Crippen molar-refractivity contribution in [3.63, 3.8) is 0 Å². The summed E-state index contributed by atoms with van der Waals surface area (Å²) in [7, 11) is 0. The molecule has 0 bridgehead atoms. The van der Waals surface area contributed by atoms with E-state index < -0.39 is 6.10 Å². The molecule has 1 unspecified atom stereocenters. The number of hydrogen-bond donors (Lipinski definition) is 0. The predicted octanol–water partition coefficient (Wildman–Crippen LogP) is 2.79. The van der Waals surface area contributed by atoms with Crippen molar-refractivity contribution in [1.29, 1.82) is 0 Å². The second kappa shape index (κ2) is 3.05. The molecule has 1 atom stereocenters. The Bertz CT molecular complexity index is 251. The van der Waals surface area contributed by atoms with Crippen molar-refractivity contribution >= 4 is 0 Å². The summed E-state index contributed by atoms with van der Waals surface area (Å²) in [4.78, 5) is 0. The molecule has 0 spiro atoms. The van der Waals surface area contributed by atoms with E-state index in [0.29, 0.717) is 0 Å². The molecule has 0 saturated carbocycles. The highest BCUT2D eigenvalue weighted by Crippen LogP contribution is 2.18. The van der Waals surface area contributed by atoms with Crippen LogP contribution in [-0.4, -0.2) is 0 Å². The Morgan fingerprint density at radius 1 is 1.27 bits per heavy atom. The predicted molar refractivity (Wildman–Crippen MR) is 45.0 cm³/mol. The summed E-state index contributed by atoms with van der Waals surface area (Å²) in [6.07, 6.45) is -0.601. The van der Waals surface area contributed by atoms with Crippen LogP contribution in [0.2, 0.25) is 0 Å². The molecular formula is C10H13O. The van der Waals surface area contributed by atoms with Crippen molar-refractivity contribution in [2.45, 2.75) is 26.9 Å². The standard InChI is InChI=1S/C10H13O/c1-7-4-5-10(9(3)11)8(2)6-7/h4-6,9H,1-3H3. The zero-order chi connectivity index (χ0) is 8.43. The lowest BCUT2D eigenvalue weighted by Gasteiger charge is -2.06. The van der Waals surface area contributed by atoms with Crippen LogP contribution in [0.1, 0.15) is 29.7 Å². The Labute approximate surface area is 67.7 Å². The zero-order valence-corrected chi connectivity index (χ0v) is 7.22.